The Morgan fingerprint density at radius 2 is 0.896 bits per heavy atom. The van der Waals surface area contributed by atoms with Gasteiger partial charge in [0.25, 0.3) is 0 Å². The molecule has 0 aliphatic carbocycles. The fourth-order valence-corrected chi connectivity index (χ4v) is 16.5. The normalized spacial score (nSPS) is 13.5. The van der Waals surface area contributed by atoms with Crippen LogP contribution in [0.3, 0.4) is 0 Å². The molecule has 0 heterocycles. The van der Waals surface area contributed by atoms with Crippen molar-refractivity contribution in [2.24, 2.45) is 68.2 Å². The average molecular weight is 2150 g/mol. The molecule has 0 unspecified atom stereocenters. The Balaban J connectivity index is -0.00000258. The number of hydrogen-bond donors (Lipinski definition) is 13. The van der Waals surface area contributed by atoms with Crippen molar-refractivity contribution in [3.8, 4) is 5.75 Å². The van der Waals surface area contributed by atoms with Gasteiger partial charge in [-0.1, -0.05) is 110 Å². The number of alkyl halides is 2. The maximum absolute atomic E-state index is 13.5. The summed E-state index contributed by atoms with van der Waals surface area (Å²) in [5.74, 6) is -2.15. The first-order valence-corrected chi connectivity index (χ1v) is 51.3. The van der Waals surface area contributed by atoms with E-state index < -0.39 is 54.0 Å². The Bertz CT molecular complexity index is 3660. The number of carbonyl (C=O) groups is 15. The number of nitrogens with zero attached hydrogens (tertiary/aromatic N) is 3. The number of hydrogen-bond acceptors (Lipinski definition) is 29. The number of aliphatic imine (C=N–C) groups is 2. The summed E-state index contributed by atoms with van der Waals surface area (Å²) < 4.78 is 21.7. The van der Waals surface area contributed by atoms with Crippen LogP contribution in [-0.2, 0) is 135 Å². The number of carbonyl (C=O) groups excluding carboxylic acids is 16. The predicted octanol–water partition coefficient (Wildman–Crippen LogP) is 6.55. The van der Waals surface area contributed by atoms with Crippen molar-refractivity contribution >= 4 is 161 Å². The number of Topliss-reactive ketones (excluding diaryl/α,β-unsaturated/α-hetero) is 10. The van der Waals surface area contributed by atoms with E-state index in [1.807, 2.05) is 34.0 Å². The maximum Gasteiger partial charge on any atom is 0.234 e. The number of nitrogens with two attached hydrogens (primary N) is 6. The van der Waals surface area contributed by atoms with Crippen molar-refractivity contribution in [3.05, 3.63) is 36.0 Å². The number of halogens is 2. The van der Waals surface area contributed by atoms with Gasteiger partial charge < -0.3 is 106 Å². The van der Waals surface area contributed by atoms with Crippen molar-refractivity contribution in [1.82, 2.24) is 42.1 Å². The number of ketones is 10. The number of thioether (sulfide) groups is 2. The number of aromatic hydroxyl groups is 1. The number of phenols is 1. The van der Waals surface area contributed by atoms with E-state index in [9.17, 15) is 81.8 Å². The topological polar surface area (TPSA) is 606 Å². The Hall–Kier alpha value is -6.32. The zero-order chi connectivity index (χ0) is 99.7. The Morgan fingerprint density at radius 1 is 0.481 bits per heavy atom. The zero-order valence-corrected chi connectivity index (χ0v) is 89.0. The molecule has 0 saturated heterocycles. The molecule has 1 aromatic carbocycles. The van der Waals surface area contributed by atoms with Gasteiger partial charge in [0.05, 0.1) is 98.6 Å². The van der Waals surface area contributed by atoms with Gasteiger partial charge in [-0.3, -0.25) is 81.9 Å². The minimum atomic E-state index is -0.752. The van der Waals surface area contributed by atoms with Gasteiger partial charge in [0.15, 0.2) is 35.1 Å². The van der Waals surface area contributed by atoms with E-state index in [1.165, 1.54) is 37.4 Å². The second-order valence-corrected chi connectivity index (χ2v) is 36.7. The van der Waals surface area contributed by atoms with Crippen LogP contribution in [0.15, 0.2) is 34.3 Å². The molecule has 0 spiro atoms. The van der Waals surface area contributed by atoms with Crippen molar-refractivity contribution in [1.29, 1.82) is 0 Å². The summed E-state index contributed by atoms with van der Waals surface area (Å²) in [7, 11) is 5.00. The second-order valence-electron chi connectivity index (χ2n) is 33.5. The molecule has 20 N–H and O–H groups in total. The van der Waals surface area contributed by atoms with Gasteiger partial charge in [-0.25, -0.2) is 6.29 Å². The van der Waals surface area contributed by atoms with E-state index in [2.05, 4.69) is 79.1 Å². The first kappa shape index (κ1) is 133. The smallest absolute Gasteiger partial charge is 0.234 e. The van der Waals surface area contributed by atoms with Crippen molar-refractivity contribution in [3.63, 3.8) is 0 Å². The molecule has 0 bridgehead atoms. The predicted molar refractivity (Wildman–Crippen MR) is 533 cm³/mol. The van der Waals surface area contributed by atoms with E-state index in [4.69, 9.17) is 47.6 Å². The van der Waals surface area contributed by atoms with Crippen LogP contribution < -0.4 is 65.9 Å². The Labute approximate surface area is 851 Å². The summed E-state index contributed by atoms with van der Waals surface area (Å²) in [5, 5.41) is 31.0. The van der Waals surface area contributed by atoms with Gasteiger partial charge >= 0.3 is 0 Å². The quantitative estimate of drug-likeness (QED) is 0.0108. The molecule has 0 fully saturated rings. The molecule has 42 heteroatoms. The summed E-state index contributed by atoms with van der Waals surface area (Å²) >= 11 is 8.84. The first-order valence-electron chi connectivity index (χ1n) is 46.7. The third-order valence-corrected chi connectivity index (χ3v) is 26.0. The number of benzene rings is 1. The van der Waals surface area contributed by atoms with Gasteiger partial charge in [-0.2, -0.15) is 23.5 Å². The van der Waals surface area contributed by atoms with Crippen molar-refractivity contribution in [2.75, 3.05) is 147 Å². The first-order chi connectivity index (χ1) is 63.5. The Kier molecular flexibility index (Phi) is 83.2. The van der Waals surface area contributed by atoms with Crippen LogP contribution in [0.25, 0.3) is 6.15 Å². The number of phenolic OH excluding ortho intramolecular Hbond substituents is 1. The number of rotatable bonds is 87. The number of amides is 5. The molecular weight excluding hydrogens is 1990 g/mol. The van der Waals surface area contributed by atoms with Gasteiger partial charge in [0.2, 0.25) is 29.5 Å². The van der Waals surface area contributed by atoms with Gasteiger partial charge in [-0.05, 0) is 160 Å². The molecule has 11 atom stereocenters. The van der Waals surface area contributed by atoms with E-state index in [1.54, 1.807) is 50.3 Å². The fraction of sp³-hybridized carbons (Fsp3) is 0.742. The molecule has 0 saturated carbocycles. The molecule has 135 heavy (non-hydrogen) atoms. The summed E-state index contributed by atoms with van der Waals surface area (Å²) in [5.41, 5.74) is 28.2. The number of nitrogens with one attached hydrogen (secondary N) is 7. The zero-order valence-electron chi connectivity index (χ0n) is 81.4. The summed E-state index contributed by atoms with van der Waals surface area (Å²) in [6, 6.07) is 2.73. The van der Waals surface area contributed by atoms with Crippen LogP contribution in [0, 0.1) is 29.6 Å². The number of unbranched alkanes of at least 4 members (excludes halogenated alkanes) is 2. The SMILES string of the molecule is CC[C@H](C)[C@H](NC(=O)CCC(=O)CSC[C@H](NC)C(=O)CC[C@@H](CCCN=C(N)N)CN[C@@H](Cc1ccc(O)cc1)C(N)=O)C(=O)CC[C@@H](CCCCNC(=O)CCOCCOCCCC(=O)CBr)C(C)=O.CC[C@H](C)[C@H](NC(=O)CCC(=O)CSC[C@H](NC)C(=O)CN(C)[C@H]([C-]=O)CCCN=C(N)N)C(=O)CC[C@@H](CCCCNC(=O)CCOCCOCCCC(=O)CBr)C(C)=O.[NH2-].[Y]. The molecule has 0 aliphatic rings. The number of ether oxygens (including phenoxy) is 4. The van der Waals surface area contributed by atoms with Crippen LogP contribution in [0.2, 0.25) is 0 Å². The third-order valence-electron chi connectivity index (χ3n) is 22.5. The van der Waals surface area contributed by atoms with Crippen LogP contribution >= 0.6 is 55.4 Å². The van der Waals surface area contributed by atoms with Gasteiger partial charge in [-0.15, -0.1) is 0 Å². The van der Waals surface area contributed by atoms with Crippen LogP contribution in [0.1, 0.15) is 227 Å². The third kappa shape index (κ3) is 70.1. The monoisotopic (exact) mass is 2150 g/mol. The van der Waals surface area contributed by atoms with Crippen LogP contribution in [-0.4, -0.2) is 299 Å². The fourth-order valence-electron chi connectivity index (χ4n) is 13.7. The molecular formula is C93H160Br2N16O21S2Y-2. The van der Waals surface area contributed by atoms with Crippen molar-refractivity contribution in [2.45, 2.75) is 264 Å². The standard InChI is InChI=1S/C51H85BrN8O11S.C42H73BrN7O10S.H2N.Y/c1-5-35(2)49(46(66)21-16-39(36(3)61)11-6-7-24-57-47(67)23-27-71-29-28-70-26-9-12-41(63)31-52)60-48(68)22-19-42(64)33-72-34-44(56-4)45(65)20-15-38(10-8-25-58-51(54)55)32-59-43(50(53)69)30-37-13-17-40(62)18-14-37;1-6-30(2)41(37(55)16-14-32(31(3)52)11-7-8-19-47-39(57)18-22-60-24-23-59-21-10-13-34(53)25-43)49-40(58)17-15-35(54)28-61-29-36(46-4)38(56)26-50(5)33(27-51)12-9-20-48-42(44)45;;/h13-14,17-18,35,38-39,43-44,49,56,59,62H,5-12,15-16,19-34H2,1-4H3,(H2,53,69)(H,57,67)(H,60,68)(H4,54,55,58);30,32-33,36,41,46H,6-26,28-29H2,1-5H3,(H,47,57)(H,49,58)(H4,44,45,48);1H2;/q;2*-1;/t35-,38+,39+,43-,44-,49-;30-,32+,33-,36-,41-;;/m00../s1. The van der Waals surface area contributed by atoms with E-state index in [0.29, 0.717) is 223 Å². The molecule has 37 nitrogen and oxygen atoms in total. The minimum Gasteiger partial charge on any atom is -0.693 e. The molecule has 1 radical (unpaired) electrons. The van der Waals surface area contributed by atoms with E-state index in [-0.39, 0.29) is 245 Å². The summed E-state index contributed by atoms with van der Waals surface area (Å²) in [6.07, 6.45) is 14.0. The summed E-state index contributed by atoms with van der Waals surface area (Å²) in [6.45, 7) is 15.8. The van der Waals surface area contributed by atoms with E-state index >= 15 is 0 Å². The molecule has 1 aromatic rings. The number of guanidine groups is 2. The average Bonchev–Trinajstić information content (AvgIpc) is 0.881. The van der Waals surface area contributed by atoms with Gasteiger partial charge in [0.1, 0.15) is 40.4 Å². The second kappa shape index (κ2) is 84.5. The van der Waals surface area contributed by atoms with Crippen molar-refractivity contribution < 1.29 is 133 Å². The number of likely N-dealkylation sites (N-methyl/N-ethyl adjacent to an activating group) is 3. The number of primary amides is 1. The molecule has 5 amide bonds. The molecule has 0 aliphatic heterocycles. The van der Waals surface area contributed by atoms with Crippen LogP contribution in [0.4, 0.5) is 0 Å². The maximum atomic E-state index is 13.5. The molecule has 769 valence electrons. The van der Waals surface area contributed by atoms with Gasteiger partial charge in [0, 0.05) is 166 Å². The molecule has 0 aromatic heterocycles. The Morgan fingerprint density at radius 3 is 1.29 bits per heavy atom. The molecule has 1 rings (SSSR count). The minimum absolute atomic E-state index is 0. The largest absolute Gasteiger partial charge is 0.693 e. The summed E-state index contributed by atoms with van der Waals surface area (Å²) in [4.78, 5) is 210. The van der Waals surface area contributed by atoms with Crippen LogP contribution in [0.5, 0.6) is 5.75 Å². The van der Waals surface area contributed by atoms with E-state index in [0.717, 1.165) is 5.56 Å².